The van der Waals surface area contributed by atoms with Crippen molar-refractivity contribution >= 4 is 57.8 Å². The van der Waals surface area contributed by atoms with Crippen molar-refractivity contribution in [2.75, 3.05) is 17.2 Å². The second kappa shape index (κ2) is 15.2. The number of amides is 4. The molecular weight excluding hydrogens is 632 g/mol. The Morgan fingerprint density at radius 2 is 1.65 bits per heavy atom. The molecule has 3 aromatic carbocycles. The Balaban J connectivity index is 1.44. The minimum absolute atomic E-state index is 0.0495. The van der Waals surface area contributed by atoms with Crippen LogP contribution in [0.3, 0.4) is 0 Å². The summed E-state index contributed by atoms with van der Waals surface area (Å²) in [5.74, 6) is -4.96. The number of hydrogen-bond donors (Lipinski definition) is 7. The summed E-state index contributed by atoms with van der Waals surface area (Å²) in [6.45, 7) is 0.663. The van der Waals surface area contributed by atoms with Gasteiger partial charge in [-0.3, -0.25) is 24.0 Å². The van der Waals surface area contributed by atoms with Crippen LogP contribution >= 0.6 is 0 Å². The number of benzene rings is 3. The number of nitrogens with zero attached hydrogens (tertiary/aromatic N) is 1. The first-order chi connectivity index (χ1) is 23.5. The van der Waals surface area contributed by atoms with Crippen molar-refractivity contribution in [3.05, 3.63) is 95.7 Å². The first-order valence-corrected chi connectivity index (χ1v) is 15.6. The van der Waals surface area contributed by atoms with Crippen LogP contribution in [-0.4, -0.2) is 80.3 Å². The maximum atomic E-state index is 14.2. The van der Waals surface area contributed by atoms with Gasteiger partial charge < -0.3 is 41.4 Å². The molecule has 4 aromatic rings. The van der Waals surface area contributed by atoms with E-state index in [1.54, 1.807) is 54.7 Å². The lowest BCUT2D eigenvalue weighted by Crippen LogP contribution is -2.49. The quantitative estimate of drug-likeness (QED) is 0.111. The SMILES string of the molecule is CC(=O)N[C@@H](CC(=O)O)C(=O)Nc1cccc2c1N[C@@H](Cc1c[nH]c3ccccc13)C(=O)N(CC(=O)N[C@@H](Cc1ccccc1)C(=O)O)C2. The van der Waals surface area contributed by atoms with Gasteiger partial charge in [-0.1, -0.05) is 60.7 Å². The zero-order valence-corrected chi connectivity index (χ0v) is 26.6. The van der Waals surface area contributed by atoms with E-state index in [0.29, 0.717) is 11.3 Å². The van der Waals surface area contributed by atoms with E-state index in [9.17, 15) is 39.0 Å². The fraction of sp³-hybridized carbons (Fsp3) is 0.257. The maximum absolute atomic E-state index is 14.2. The Morgan fingerprint density at radius 3 is 2.37 bits per heavy atom. The van der Waals surface area contributed by atoms with Crippen LogP contribution < -0.4 is 21.3 Å². The van der Waals surface area contributed by atoms with Crippen molar-refractivity contribution in [1.82, 2.24) is 20.5 Å². The first-order valence-electron chi connectivity index (χ1n) is 15.6. The largest absolute Gasteiger partial charge is 0.481 e. The van der Waals surface area contributed by atoms with Crippen LogP contribution in [0.5, 0.6) is 0 Å². The van der Waals surface area contributed by atoms with Gasteiger partial charge in [0.2, 0.25) is 23.6 Å². The van der Waals surface area contributed by atoms with E-state index < -0.39 is 66.7 Å². The number of carboxylic acid groups (broad SMARTS) is 2. The molecule has 0 saturated carbocycles. The van der Waals surface area contributed by atoms with Gasteiger partial charge in [-0.15, -0.1) is 0 Å². The molecule has 0 fully saturated rings. The third-order valence-electron chi connectivity index (χ3n) is 8.12. The number of anilines is 2. The number of para-hydroxylation sites is 2. The second-order valence-corrected chi connectivity index (χ2v) is 11.8. The van der Waals surface area contributed by atoms with E-state index in [1.165, 1.54) is 11.8 Å². The lowest BCUT2D eigenvalue weighted by Gasteiger charge is -2.25. The van der Waals surface area contributed by atoms with Crippen molar-refractivity contribution in [2.24, 2.45) is 0 Å². The predicted molar refractivity (Wildman–Crippen MR) is 179 cm³/mol. The average Bonchev–Trinajstić information content (AvgIpc) is 3.41. The Morgan fingerprint density at radius 1 is 0.918 bits per heavy atom. The number of carbonyl (C=O) groups is 6. The Hall–Kier alpha value is -6.18. The van der Waals surface area contributed by atoms with Gasteiger partial charge >= 0.3 is 11.9 Å². The molecule has 0 spiro atoms. The molecule has 1 aromatic heterocycles. The number of fused-ring (bicyclic) bond motifs is 2. The smallest absolute Gasteiger partial charge is 0.326 e. The first kappa shape index (κ1) is 34.2. The molecule has 5 rings (SSSR count). The number of nitrogens with one attached hydrogen (secondary N) is 5. The Labute approximate surface area is 280 Å². The van der Waals surface area contributed by atoms with Gasteiger partial charge in [0.1, 0.15) is 18.1 Å². The number of rotatable bonds is 13. The molecule has 0 saturated heterocycles. The molecule has 0 bridgehead atoms. The van der Waals surface area contributed by atoms with Crippen LogP contribution in [0.15, 0.2) is 79.0 Å². The van der Waals surface area contributed by atoms with Gasteiger partial charge in [-0.05, 0) is 28.8 Å². The van der Waals surface area contributed by atoms with Crippen LogP contribution in [0.25, 0.3) is 10.9 Å². The minimum atomic E-state index is -1.36. The van der Waals surface area contributed by atoms with E-state index >= 15 is 0 Å². The van der Waals surface area contributed by atoms with Crippen LogP contribution in [0.1, 0.15) is 30.0 Å². The highest BCUT2D eigenvalue weighted by molar-refractivity contribution is 6.02. The third kappa shape index (κ3) is 8.60. The zero-order valence-electron chi connectivity index (χ0n) is 26.6. The number of aliphatic carboxylic acids is 2. The molecule has 1 aliphatic rings. The summed E-state index contributed by atoms with van der Waals surface area (Å²) < 4.78 is 0. The van der Waals surface area contributed by atoms with Crippen molar-refractivity contribution in [3.63, 3.8) is 0 Å². The fourth-order valence-electron chi connectivity index (χ4n) is 5.85. The highest BCUT2D eigenvalue weighted by Crippen LogP contribution is 2.32. The molecule has 3 atom stereocenters. The summed E-state index contributed by atoms with van der Waals surface area (Å²) in [6.07, 6.45) is 1.37. The van der Waals surface area contributed by atoms with E-state index in [-0.39, 0.29) is 25.1 Å². The Kier molecular flexibility index (Phi) is 10.6. The zero-order chi connectivity index (χ0) is 35.1. The van der Waals surface area contributed by atoms with Crippen LogP contribution in [0, 0.1) is 0 Å². The van der Waals surface area contributed by atoms with Gasteiger partial charge in [0.25, 0.3) is 0 Å². The molecule has 49 heavy (non-hydrogen) atoms. The lowest BCUT2D eigenvalue weighted by atomic mass is 10.0. The predicted octanol–water partition coefficient (Wildman–Crippen LogP) is 2.26. The average molecular weight is 669 g/mol. The number of aromatic amines is 1. The van der Waals surface area contributed by atoms with E-state index in [4.69, 9.17) is 0 Å². The lowest BCUT2D eigenvalue weighted by molar-refractivity contribution is -0.143. The molecule has 0 radical (unpaired) electrons. The monoisotopic (exact) mass is 668 g/mol. The summed E-state index contributed by atoms with van der Waals surface area (Å²) in [4.78, 5) is 80.4. The standard InChI is InChI=1S/C35H36N6O8/c1-20(42)37-27(16-31(44)45)33(46)40-26-13-7-10-22-18-41(19-30(43)38-29(35(48)49)14-21-8-3-2-4-9-21)34(47)28(39-32(22)26)15-23-17-36-25-12-6-5-11-24(23)25/h2-13,17,27-29,36,39H,14-16,18-19H2,1H3,(H,37,42)(H,38,43)(H,40,46)(H,44,45)(H,48,49)/t27-,28-,29-/m0/s1. The molecule has 14 nitrogen and oxygen atoms in total. The summed E-state index contributed by atoms with van der Waals surface area (Å²) in [5, 5.41) is 30.9. The van der Waals surface area contributed by atoms with E-state index in [1.807, 2.05) is 24.3 Å². The molecule has 14 heteroatoms. The number of aromatic nitrogens is 1. The van der Waals surface area contributed by atoms with Crippen molar-refractivity contribution in [2.45, 2.75) is 50.9 Å². The molecule has 7 N–H and O–H groups in total. The molecule has 0 aliphatic carbocycles. The van der Waals surface area contributed by atoms with Crippen LogP contribution in [0.4, 0.5) is 11.4 Å². The number of carboxylic acids is 2. The topological polar surface area (TPSA) is 210 Å². The van der Waals surface area contributed by atoms with E-state index in [0.717, 1.165) is 22.0 Å². The normalized spacial score (nSPS) is 15.2. The molecule has 254 valence electrons. The highest BCUT2D eigenvalue weighted by atomic mass is 16.4. The van der Waals surface area contributed by atoms with Crippen LogP contribution in [0.2, 0.25) is 0 Å². The van der Waals surface area contributed by atoms with Gasteiger partial charge in [-0.2, -0.15) is 0 Å². The summed E-state index contributed by atoms with van der Waals surface area (Å²) in [7, 11) is 0. The minimum Gasteiger partial charge on any atom is -0.481 e. The second-order valence-electron chi connectivity index (χ2n) is 11.8. The van der Waals surface area contributed by atoms with Crippen molar-refractivity contribution in [3.8, 4) is 0 Å². The third-order valence-corrected chi connectivity index (χ3v) is 8.12. The molecule has 2 heterocycles. The van der Waals surface area contributed by atoms with Gasteiger partial charge in [0.05, 0.1) is 24.3 Å². The van der Waals surface area contributed by atoms with Gasteiger partial charge in [0, 0.05) is 43.4 Å². The maximum Gasteiger partial charge on any atom is 0.326 e. The number of H-pyrrole nitrogens is 1. The van der Waals surface area contributed by atoms with Gasteiger partial charge in [0.15, 0.2) is 0 Å². The van der Waals surface area contributed by atoms with Crippen molar-refractivity contribution < 1.29 is 39.0 Å². The van der Waals surface area contributed by atoms with Crippen molar-refractivity contribution in [1.29, 1.82) is 0 Å². The molecule has 0 unspecified atom stereocenters. The Bertz CT molecular complexity index is 1880. The number of hydrogen-bond acceptors (Lipinski definition) is 7. The molecule has 1 aliphatic heterocycles. The molecule has 4 amide bonds. The van der Waals surface area contributed by atoms with E-state index in [2.05, 4.69) is 26.3 Å². The number of carbonyl (C=O) groups excluding carboxylic acids is 4. The summed E-state index contributed by atoms with van der Waals surface area (Å²) in [6, 6.07) is 17.8. The summed E-state index contributed by atoms with van der Waals surface area (Å²) >= 11 is 0. The molecular formula is C35H36N6O8. The summed E-state index contributed by atoms with van der Waals surface area (Å²) in [5.41, 5.74) is 3.55. The van der Waals surface area contributed by atoms with Crippen LogP contribution in [-0.2, 0) is 48.2 Å². The van der Waals surface area contributed by atoms with Gasteiger partial charge in [-0.25, -0.2) is 4.79 Å². The highest BCUT2D eigenvalue weighted by Gasteiger charge is 2.34. The fourth-order valence-corrected chi connectivity index (χ4v) is 5.85.